The van der Waals surface area contributed by atoms with E-state index in [9.17, 15) is 9.59 Å². The van der Waals surface area contributed by atoms with Gasteiger partial charge in [-0.05, 0) is 18.2 Å². The maximum absolute atomic E-state index is 12.0. The van der Waals surface area contributed by atoms with Gasteiger partial charge in [-0.2, -0.15) is 0 Å². The van der Waals surface area contributed by atoms with Crippen molar-refractivity contribution in [2.45, 2.75) is 12.5 Å². The Labute approximate surface area is 134 Å². The molecule has 0 fully saturated rings. The van der Waals surface area contributed by atoms with Gasteiger partial charge in [-0.25, -0.2) is 4.79 Å². The summed E-state index contributed by atoms with van der Waals surface area (Å²) in [6.45, 7) is 0.249. The number of rotatable bonds is 4. The summed E-state index contributed by atoms with van der Waals surface area (Å²) in [5, 5.41) is 2.89. The van der Waals surface area contributed by atoms with E-state index < -0.39 is 5.97 Å². The van der Waals surface area contributed by atoms with E-state index >= 15 is 0 Å². The minimum Gasteiger partial charge on any atom is -0.493 e. The molecule has 1 heterocycles. The zero-order valence-electron chi connectivity index (χ0n) is 12.5. The van der Waals surface area contributed by atoms with Crippen LogP contribution in [0.15, 0.2) is 54.6 Å². The van der Waals surface area contributed by atoms with Crippen LogP contribution in [0, 0.1) is 0 Å². The lowest BCUT2D eigenvalue weighted by Gasteiger charge is -2.26. The first-order valence-corrected chi connectivity index (χ1v) is 7.47. The van der Waals surface area contributed by atoms with Crippen LogP contribution < -0.4 is 10.1 Å². The minimum absolute atomic E-state index is 0.122. The highest BCUT2D eigenvalue weighted by atomic mass is 16.5. The van der Waals surface area contributed by atoms with Gasteiger partial charge in [-0.1, -0.05) is 36.4 Å². The largest absolute Gasteiger partial charge is 0.493 e. The fourth-order valence-electron chi connectivity index (χ4n) is 2.52. The quantitative estimate of drug-likeness (QED) is 0.881. The van der Waals surface area contributed by atoms with Crippen LogP contribution in [0.3, 0.4) is 0 Å². The second-order valence-corrected chi connectivity index (χ2v) is 5.24. The van der Waals surface area contributed by atoms with E-state index in [2.05, 4.69) is 5.32 Å². The number of amides is 1. The van der Waals surface area contributed by atoms with Gasteiger partial charge in [0.1, 0.15) is 5.75 Å². The van der Waals surface area contributed by atoms with Crippen molar-refractivity contribution >= 4 is 11.9 Å². The van der Waals surface area contributed by atoms with Crippen LogP contribution in [0.4, 0.5) is 0 Å². The molecular weight excluding hydrogens is 294 g/mol. The van der Waals surface area contributed by atoms with Crippen LogP contribution >= 0.6 is 0 Å². The monoisotopic (exact) mass is 311 g/mol. The Morgan fingerprint density at radius 3 is 2.65 bits per heavy atom. The first-order valence-electron chi connectivity index (χ1n) is 7.47. The molecule has 0 saturated heterocycles. The normalized spacial score (nSPS) is 15.9. The van der Waals surface area contributed by atoms with Crippen LogP contribution in [0.5, 0.6) is 5.75 Å². The predicted molar refractivity (Wildman–Crippen MR) is 84.2 cm³/mol. The van der Waals surface area contributed by atoms with Gasteiger partial charge in [0.25, 0.3) is 5.91 Å². The fourth-order valence-corrected chi connectivity index (χ4v) is 2.52. The lowest BCUT2D eigenvalue weighted by molar-refractivity contribution is -0.125. The van der Waals surface area contributed by atoms with Crippen molar-refractivity contribution in [3.05, 3.63) is 65.7 Å². The molecule has 0 saturated carbocycles. The second-order valence-electron chi connectivity index (χ2n) is 5.24. The number of benzene rings is 2. The molecule has 0 radical (unpaired) electrons. The number of fused-ring (bicyclic) bond motifs is 1. The van der Waals surface area contributed by atoms with Crippen molar-refractivity contribution in [2.75, 3.05) is 13.2 Å². The van der Waals surface area contributed by atoms with Crippen LogP contribution in [0.1, 0.15) is 28.4 Å². The summed E-state index contributed by atoms with van der Waals surface area (Å²) >= 11 is 0. The van der Waals surface area contributed by atoms with E-state index in [1.807, 2.05) is 30.3 Å². The maximum Gasteiger partial charge on any atom is 0.338 e. The number of hydrogen-bond acceptors (Lipinski definition) is 4. The molecule has 2 aromatic rings. The molecule has 0 aromatic heterocycles. The molecule has 0 spiro atoms. The van der Waals surface area contributed by atoms with E-state index in [1.165, 1.54) is 0 Å². The van der Waals surface area contributed by atoms with Crippen molar-refractivity contribution < 1.29 is 19.1 Å². The smallest absolute Gasteiger partial charge is 0.338 e. The third kappa shape index (κ3) is 3.69. The van der Waals surface area contributed by atoms with Gasteiger partial charge in [-0.3, -0.25) is 4.79 Å². The highest BCUT2D eigenvalue weighted by molar-refractivity contribution is 5.91. The molecule has 118 valence electrons. The van der Waals surface area contributed by atoms with Crippen molar-refractivity contribution in [2.24, 2.45) is 0 Å². The van der Waals surface area contributed by atoms with Gasteiger partial charge in [0, 0.05) is 12.0 Å². The third-order valence-electron chi connectivity index (χ3n) is 3.64. The minimum atomic E-state index is -0.506. The first-order chi connectivity index (χ1) is 11.2. The Hall–Kier alpha value is -2.82. The second kappa shape index (κ2) is 6.96. The van der Waals surface area contributed by atoms with Crippen LogP contribution in [0.2, 0.25) is 0 Å². The van der Waals surface area contributed by atoms with Crippen molar-refractivity contribution in [1.82, 2.24) is 5.32 Å². The summed E-state index contributed by atoms with van der Waals surface area (Å²) in [6, 6.07) is 16.1. The molecule has 3 rings (SSSR count). The van der Waals surface area contributed by atoms with Crippen LogP contribution in [-0.2, 0) is 9.53 Å². The summed E-state index contributed by atoms with van der Waals surface area (Å²) in [4.78, 5) is 23.8. The van der Waals surface area contributed by atoms with E-state index in [0.29, 0.717) is 18.6 Å². The van der Waals surface area contributed by atoms with E-state index in [1.54, 1.807) is 24.3 Å². The Morgan fingerprint density at radius 2 is 1.83 bits per heavy atom. The highest BCUT2D eigenvalue weighted by Gasteiger charge is 2.23. The van der Waals surface area contributed by atoms with Crippen molar-refractivity contribution in [3.8, 4) is 5.75 Å². The molecular formula is C18H17NO4. The van der Waals surface area contributed by atoms with E-state index in [-0.39, 0.29) is 18.6 Å². The lowest BCUT2D eigenvalue weighted by Crippen LogP contribution is -2.35. The summed E-state index contributed by atoms with van der Waals surface area (Å²) in [7, 11) is 0. The predicted octanol–water partition coefficient (Wildman–Crippen LogP) is 2.48. The Morgan fingerprint density at radius 1 is 1.09 bits per heavy atom. The SMILES string of the molecule is O=C(COC(=O)c1ccccc1)NC1CCOc2ccccc21. The molecule has 1 aliphatic heterocycles. The molecule has 1 amide bonds. The summed E-state index contributed by atoms with van der Waals surface area (Å²) in [5.74, 6) is -0.0468. The molecule has 0 aliphatic carbocycles. The lowest BCUT2D eigenvalue weighted by atomic mass is 10.0. The highest BCUT2D eigenvalue weighted by Crippen LogP contribution is 2.31. The van der Waals surface area contributed by atoms with Gasteiger partial charge in [0.05, 0.1) is 18.2 Å². The Kier molecular flexibility index (Phi) is 4.57. The third-order valence-corrected chi connectivity index (χ3v) is 3.64. The molecule has 0 bridgehead atoms. The molecule has 1 atom stereocenters. The average Bonchev–Trinajstić information content (AvgIpc) is 2.61. The van der Waals surface area contributed by atoms with Gasteiger partial charge in [0.15, 0.2) is 6.61 Å². The molecule has 1 N–H and O–H groups in total. The van der Waals surface area contributed by atoms with Crippen LogP contribution in [-0.4, -0.2) is 25.1 Å². The zero-order valence-corrected chi connectivity index (χ0v) is 12.5. The van der Waals surface area contributed by atoms with Gasteiger partial charge in [0.2, 0.25) is 0 Å². The molecule has 5 nitrogen and oxygen atoms in total. The summed E-state index contributed by atoms with van der Waals surface area (Å²) in [6.07, 6.45) is 0.690. The molecule has 1 unspecified atom stereocenters. The van der Waals surface area contributed by atoms with Gasteiger partial charge in [-0.15, -0.1) is 0 Å². The van der Waals surface area contributed by atoms with Gasteiger partial charge < -0.3 is 14.8 Å². The fraction of sp³-hybridized carbons (Fsp3) is 0.222. The maximum atomic E-state index is 12.0. The standard InChI is InChI=1S/C18H17NO4/c20-17(12-23-18(21)13-6-2-1-3-7-13)19-15-10-11-22-16-9-5-4-8-14(15)16/h1-9,15H,10-12H2,(H,19,20). The number of ether oxygens (including phenoxy) is 2. The van der Waals surface area contributed by atoms with Gasteiger partial charge >= 0.3 is 5.97 Å². The number of esters is 1. The summed E-state index contributed by atoms with van der Waals surface area (Å²) in [5.41, 5.74) is 1.37. The molecule has 1 aliphatic rings. The van der Waals surface area contributed by atoms with Crippen LogP contribution in [0.25, 0.3) is 0 Å². The number of para-hydroxylation sites is 1. The van der Waals surface area contributed by atoms with E-state index in [0.717, 1.165) is 11.3 Å². The molecule has 2 aromatic carbocycles. The van der Waals surface area contributed by atoms with Crippen molar-refractivity contribution in [1.29, 1.82) is 0 Å². The van der Waals surface area contributed by atoms with Crippen molar-refractivity contribution in [3.63, 3.8) is 0 Å². The number of nitrogens with one attached hydrogen (secondary N) is 1. The molecule has 23 heavy (non-hydrogen) atoms. The summed E-state index contributed by atoms with van der Waals surface area (Å²) < 4.78 is 10.6. The number of carbonyl (C=O) groups is 2. The Balaban J connectivity index is 1.55. The number of hydrogen-bond donors (Lipinski definition) is 1. The molecule has 5 heteroatoms. The zero-order chi connectivity index (χ0) is 16.1. The topological polar surface area (TPSA) is 64.6 Å². The first kappa shape index (κ1) is 15.1. The number of carbonyl (C=O) groups excluding carboxylic acids is 2. The Bertz CT molecular complexity index is 699. The average molecular weight is 311 g/mol. The van der Waals surface area contributed by atoms with E-state index in [4.69, 9.17) is 9.47 Å².